The molecule has 0 amide bonds. The molecule has 94 valence electrons. The van der Waals surface area contributed by atoms with Crippen LogP contribution < -0.4 is 10.6 Å². The van der Waals surface area contributed by atoms with Crippen LogP contribution in [0, 0.1) is 19.3 Å². The fraction of sp³-hybridized carbons (Fsp3) is 0.750. The Morgan fingerprint density at radius 3 is 2.76 bits per heavy atom. The molecule has 17 heavy (non-hydrogen) atoms. The lowest BCUT2D eigenvalue weighted by Gasteiger charge is -2.34. The van der Waals surface area contributed by atoms with Crippen LogP contribution in [0.25, 0.3) is 0 Å². The molecular formula is C12H21N5. The van der Waals surface area contributed by atoms with Gasteiger partial charge in [-0.3, -0.25) is 0 Å². The second-order valence-electron chi connectivity index (χ2n) is 5.25. The van der Waals surface area contributed by atoms with Gasteiger partial charge in [0.05, 0.1) is 11.4 Å². The average Bonchev–Trinajstić information content (AvgIpc) is 2.32. The summed E-state index contributed by atoms with van der Waals surface area (Å²) in [5, 5.41) is 14.9. The molecule has 2 heterocycles. The van der Waals surface area contributed by atoms with Gasteiger partial charge in [-0.25, -0.2) is 4.98 Å². The Balaban J connectivity index is 1.94. The number of aromatic nitrogens is 3. The topological polar surface area (TPSA) is 62.7 Å². The Hall–Kier alpha value is -1.23. The molecule has 1 aliphatic rings. The minimum absolute atomic E-state index is 0.292. The van der Waals surface area contributed by atoms with Gasteiger partial charge in [0.25, 0.3) is 0 Å². The first-order valence-electron chi connectivity index (χ1n) is 6.22. The molecule has 1 aromatic heterocycles. The summed E-state index contributed by atoms with van der Waals surface area (Å²) >= 11 is 0. The van der Waals surface area contributed by atoms with Gasteiger partial charge in [-0.1, -0.05) is 6.92 Å². The summed E-state index contributed by atoms with van der Waals surface area (Å²) in [5.74, 6) is 0.639. The highest BCUT2D eigenvalue weighted by molar-refractivity contribution is 5.25. The predicted octanol–water partition coefficient (Wildman–Crippen LogP) is 1.29. The summed E-state index contributed by atoms with van der Waals surface area (Å²) in [5.41, 5.74) is 2.12. The van der Waals surface area contributed by atoms with Gasteiger partial charge in [-0.15, -0.1) is 5.10 Å². The van der Waals surface area contributed by atoms with Crippen molar-refractivity contribution in [1.82, 2.24) is 20.5 Å². The minimum Gasteiger partial charge on any atom is -0.352 e. The van der Waals surface area contributed by atoms with E-state index < -0.39 is 0 Å². The van der Waals surface area contributed by atoms with Crippen molar-refractivity contribution in [2.24, 2.45) is 5.41 Å². The van der Waals surface area contributed by atoms with Gasteiger partial charge >= 0.3 is 0 Å². The van der Waals surface area contributed by atoms with Crippen LogP contribution in [0.4, 0.5) is 5.95 Å². The Morgan fingerprint density at radius 2 is 2.12 bits per heavy atom. The highest BCUT2D eigenvalue weighted by Crippen LogP contribution is 2.25. The standard InChI is InChI=1S/C12H21N5/c1-9-10(2)16-17-11(15-9)14-8-12(3)5-4-6-13-7-12/h13H,4-8H2,1-3H3,(H,14,15,17). The Kier molecular flexibility index (Phi) is 3.57. The quantitative estimate of drug-likeness (QED) is 0.826. The van der Waals surface area contributed by atoms with Gasteiger partial charge < -0.3 is 10.6 Å². The number of aryl methyl sites for hydroxylation is 2. The predicted molar refractivity (Wildman–Crippen MR) is 68.0 cm³/mol. The van der Waals surface area contributed by atoms with Crippen LogP contribution in [-0.4, -0.2) is 34.8 Å². The molecule has 0 aliphatic carbocycles. The van der Waals surface area contributed by atoms with E-state index in [2.05, 4.69) is 32.7 Å². The first-order valence-corrected chi connectivity index (χ1v) is 6.22. The molecular weight excluding hydrogens is 214 g/mol. The molecule has 0 spiro atoms. The normalized spacial score (nSPS) is 24.6. The van der Waals surface area contributed by atoms with Crippen LogP contribution in [-0.2, 0) is 0 Å². The van der Waals surface area contributed by atoms with Crippen LogP contribution in [0.15, 0.2) is 0 Å². The molecule has 5 heteroatoms. The smallest absolute Gasteiger partial charge is 0.242 e. The van der Waals surface area contributed by atoms with Crippen LogP contribution in [0.3, 0.4) is 0 Å². The molecule has 2 rings (SSSR count). The van der Waals surface area contributed by atoms with E-state index in [-0.39, 0.29) is 0 Å². The van der Waals surface area contributed by atoms with Crippen molar-refractivity contribution in [1.29, 1.82) is 0 Å². The number of nitrogens with one attached hydrogen (secondary N) is 2. The monoisotopic (exact) mass is 235 g/mol. The van der Waals surface area contributed by atoms with Gasteiger partial charge in [-0.05, 0) is 38.6 Å². The van der Waals surface area contributed by atoms with Crippen LogP contribution >= 0.6 is 0 Å². The maximum Gasteiger partial charge on any atom is 0.242 e. The second kappa shape index (κ2) is 4.96. The third-order valence-electron chi connectivity index (χ3n) is 3.45. The van der Waals surface area contributed by atoms with Crippen LogP contribution in [0.5, 0.6) is 0 Å². The molecule has 1 atom stereocenters. The van der Waals surface area contributed by atoms with E-state index in [9.17, 15) is 0 Å². The molecule has 1 aromatic rings. The zero-order chi connectivity index (χ0) is 12.3. The van der Waals surface area contributed by atoms with Crippen molar-refractivity contribution in [2.75, 3.05) is 25.0 Å². The largest absolute Gasteiger partial charge is 0.352 e. The number of anilines is 1. The highest BCUT2D eigenvalue weighted by atomic mass is 15.2. The lowest BCUT2D eigenvalue weighted by molar-refractivity contribution is 0.253. The average molecular weight is 235 g/mol. The van der Waals surface area contributed by atoms with Gasteiger partial charge in [0.2, 0.25) is 5.95 Å². The fourth-order valence-electron chi connectivity index (χ4n) is 2.09. The highest BCUT2D eigenvalue weighted by Gasteiger charge is 2.26. The van der Waals surface area contributed by atoms with Gasteiger partial charge in [0.15, 0.2) is 0 Å². The van der Waals surface area contributed by atoms with Crippen molar-refractivity contribution >= 4 is 5.95 Å². The lowest BCUT2D eigenvalue weighted by Crippen LogP contribution is -2.42. The number of hydrogen-bond donors (Lipinski definition) is 2. The van der Waals surface area contributed by atoms with Crippen molar-refractivity contribution in [2.45, 2.75) is 33.6 Å². The molecule has 1 aliphatic heterocycles. The lowest BCUT2D eigenvalue weighted by atomic mass is 9.83. The summed E-state index contributed by atoms with van der Waals surface area (Å²) in [6.07, 6.45) is 2.48. The van der Waals surface area contributed by atoms with Crippen molar-refractivity contribution < 1.29 is 0 Å². The molecule has 0 saturated carbocycles. The third-order valence-corrected chi connectivity index (χ3v) is 3.45. The van der Waals surface area contributed by atoms with E-state index in [1.54, 1.807) is 0 Å². The zero-order valence-electron chi connectivity index (χ0n) is 10.9. The Labute approximate surface area is 102 Å². The zero-order valence-corrected chi connectivity index (χ0v) is 10.9. The maximum absolute atomic E-state index is 4.38. The second-order valence-corrected chi connectivity index (χ2v) is 5.25. The van der Waals surface area contributed by atoms with E-state index in [1.807, 2.05) is 13.8 Å². The number of piperidine rings is 1. The van der Waals surface area contributed by atoms with E-state index >= 15 is 0 Å². The first-order chi connectivity index (χ1) is 8.09. The van der Waals surface area contributed by atoms with E-state index in [0.717, 1.165) is 31.0 Å². The summed E-state index contributed by atoms with van der Waals surface area (Å²) in [6.45, 7) is 9.25. The fourth-order valence-corrected chi connectivity index (χ4v) is 2.09. The molecule has 0 bridgehead atoms. The summed E-state index contributed by atoms with van der Waals surface area (Å²) in [6, 6.07) is 0. The van der Waals surface area contributed by atoms with E-state index in [1.165, 1.54) is 12.8 Å². The number of nitrogens with zero attached hydrogens (tertiary/aromatic N) is 3. The SMILES string of the molecule is Cc1nnc(NCC2(C)CCCNC2)nc1C. The molecule has 1 saturated heterocycles. The van der Waals surface area contributed by atoms with Crippen LogP contribution in [0.1, 0.15) is 31.2 Å². The molecule has 0 radical (unpaired) electrons. The van der Waals surface area contributed by atoms with Crippen LogP contribution in [0.2, 0.25) is 0 Å². The Bertz CT molecular complexity index is 384. The number of hydrogen-bond acceptors (Lipinski definition) is 5. The summed E-state index contributed by atoms with van der Waals surface area (Å²) in [4.78, 5) is 4.38. The number of rotatable bonds is 3. The maximum atomic E-state index is 4.38. The van der Waals surface area contributed by atoms with Gasteiger partial charge in [-0.2, -0.15) is 5.10 Å². The van der Waals surface area contributed by atoms with Crippen molar-refractivity contribution in [3.05, 3.63) is 11.4 Å². The summed E-state index contributed by atoms with van der Waals surface area (Å²) in [7, 11) is 0. The summed E-state index contributed by atoms with van der Waals surface area (Å²) < 4.78 is 0. The first kappa shape index (κ1) is 12.2. The van der Waals surface area contributed by atoms with Gasteiger partial charge in [0.1, 0.15) is 0 Å². The van der Waals surface area contributed by atoms with Crippen molar-refractivity contribution in [3.63, 3.8) is 0 Å². The third kappa shape index (κ3) is 3.12. The molecule has 5 nitrogen and oxygen atoms in total. The van der Waals surface area contributed by atoms with Crippen molar-refractivity contribution in [3.8, 4) is 0 Å². The van der Waals surface area contributed by atoms with E-state index in [4.69, 9.17) is 0 Å². The van der Waals surface area contributed by atoms with Gasteiger partial charge in [0, 0.05) is 13.1 Å². The minimum atomic E-state index is 0.292. The Morgan fingerprint density at radius 1 is 1.29 bits per heavy atom. The van der Waals surface area contributed by atoms with E-state index in [0.29, 0.717) is 11.4 Å². The molecule has 2 N–H and O–H groups in total. The molecule has 1 unspecified atom stereocenters. The molecule has 0 aromatic carbocycles. The molecule has 1 fully saturated rings.